The maximum absolute atomic E-state index is 12.8. The summed E-state index contributed by atoms with van der Waals surface area (Å²) in [7, 11) is -1.87. The molecule has 1 aliphatic heterocycles. The Bertz CT molecular complexity index is 617. The zero-order valence-electron chi connectivity index (χ0n) is 12.7. The average molecular weight is 332 g/mol. The predicted molar refractivity (Wildman–Crippen MR) is 84.1 cm³/mol. The van der Waals surface area contributed by atoms with E-state index in [2.05, 4.69) is 0 Å². The minimum atomic E-state index is -3.50. The summed E-state index contributed by atoms with van der Waals surface area (Å²) in [4.78, 5) is 0.309. The lowest BCUT2D eigenvalue weighted by Crippen LogP contribution is -2.49. The van der Waals surface area contributed by atoms with E-state index in [-0.39, 0.29) is 0 Å². The second-order valence-electron chi connectivity index (χ2n) is 5.82. The summed E-state index contributed by atoms with van der Waals surface area (Å²) in [6, 6.07) is 5.14. The summed E-state index contributed by atoms with van der Waals surface area (Å²) in [5.74, 6) is 0.310. The number of hydrogen-bond donors (Lipinski definition) is 0. The summed E-state index contributed by atoms with van der Waals surface area (Å²) in [5.41, 5.74) is 1.44. The Morgan fingerprint density at radius 1 is 1.43 bits per heavy atom. The fourth-order valence-electron chi connectivity index (χ4n) is 2.63. The van der Waals surface area contributed by atoms with Gasteiger partial charge in [-0.15, -0.1) is 11.6 Å². The standard InChI is InChI=1S/C15H22ClNO3S/c1-12-5-6-14(9-13(12)10-16)21(18,19)17-8-4-7-15(2,11-17)20-3/h5-6,9H,4,7-8,10-11H2,1-3H3. The molecule has 1 unspecified atom stereocenters. The Kier molecular flexibility index (Phi) is 4.98. The molecule has 1 fully saturated rings. The van der Waals surface area contributed by atoms with Gasteiger partial charge in [-0.05, 0) is 49.9 Å². The highest BCUT2D eigenvalue weighted by Gasteiger charge is 2.37. The normalized spacial score (nSPS) is 24.2. The number of methoxy groups -OCH3 is 1. The lowest BCUT2D eigenvalue weighted by Gasteiger charge is -2.38. The molecule has 1 aromatic rings. The van der Waals surface area contributed by atoms with Gasteiger partial charge in [-0.3, -0.25) is 0 Å². The predicted octanol–water partition coefficient (Wildman–Crippen LogP) is 2.92. The van der Waals surface area contributed by atoms with Crippen molar-refractivity contribution in [1.82, 2.24) is 4.31 Å². The van der Waals surface area contributed by atoms with Crippen LogP contribution in [0.4, 0.5) is 0 Å². The summed E-state index contributed by atoms with van der Waals surface area (Å²) < 4.78 is 32.6. The van der Waals surface area contributed by atoms with Crippen LogP contribution >= 0.6 is 11.6 Å². The topological polar surface area (TPSA) is 46.6 Å². The first-order valence-electron chi connectivity index (χ1n) is 7.03. The Morgan fingerprint density at radius 2 is 2.14 bits per heavy atom. The van der Waals surface area contributed by atoms with E-state index in [0.29, 0.717) is 23.9 Å². The van der Waals surface area contributed by atoms with E-state index in [0.717, 1.165) is 24.0 Å². The molecule has 0 amide bonds. The Morgan fingerprint density at radius 3 is 2.76 bits per heavy atom. The van der Waals surface area contributed by atoms with Crippen LogP contribution in [-0.2, 0) is 20.6 Å². The zero-order valence-corrected chi connectivity index (χ0v) is 14.3. The van der Waals surface area contributed by atoms with Crippen molar-refractivity contribution < 1.29 is 13.2 Å². The summed E-state index contributed by atoms with van der Waals surface area (Å²) in [5, 5.41) is 0. The second kappa shape index (κ2) is 6.24. The number of halogens is 1. The number of rotatable bonds is 4. The third-order valence-corrected chi connectivity index (χ3v) is 6.35. The first kappa shape index (κ1) is 16.7. The number of benzene rings is 1. The van der Waals surface area contributed by atoms with Crippen molar-refractivity contribution in [1.29, 1.82) is 0 Å². The maximum Gasteiger partial charge on any atom is 0.243 e. The molecule has 118 valence electrons. The van der Waals surface area contributed by atoms with Gasteiger partial charge in [-0.2, -0.15) is 4.31 Å². The van der Waals surface area contributed by atoms with Gasteiger partial charge in [-0.25, -0.2) is 8.42 Å². The van der Waals surface area contributed by atoms with E-state index < -0.39 is 15.6 Å². The molecule has 4 nitrogen and oxygen atoms in total. The molecule has 1 atom stereocenters. The first-order chi connectivity index (χ1) is 9.82. The largest absolute Gasteiger partial charge is 0.377 e. The molecular weight excluding hydrogens is 310 g/mol. The van der Waals surface area contributed by atoms with Crippen LogP contribution in [-0.4, -0.2) is 38.5 Å². The molecule has 0 saturated carbocycles. The van der Waals surface area contributed by atoms with Gasteiger partial charge >= 0.3 is 0 Å². The lowest BCUT2D eigenvalue weighted by atomic mass is 9.96. The van der Waals surface area contributed by atoms with Crippen molar-refractivity contribution in [2.24, 2.45) is 0 Å². The lowest BCUT2D eigenvalue weighted by molar-refractivity contribution is -0.0319. The van der Waals surface area contributed by atoms with Crippen molar-refractivity contribution in [2.75, 3.05) is 20.2 Å². The Labute approximate surface area is 132 Å². The molecule has 1 aromatic carbocycles. The van der Waals surface area contributed by atoms with Gasteiger partial charge in [-0.1, -0.05) is 6.07 Å². The number of alkyl halides is 1. The van der Waals surface area contributed by atoms with E-state index in [4.69, 9.17) is 16.3 Å². The van der Waals surface area contributed by atoms with E-state index in [9.17, 15) is 8.42 Å². The molecule has 0 radical (unpaired) electrons. The molecular formula is C15H22ClNO3S. The summed E-state index contributed by atoms with van der Waals surface area (Å²) >= 11 is 5.88. The number of sulfonamides is 1. The number of ether oxygens (including phenoxy) is 1. The van der Waals surface area contributed by atoms with Crippen LogP contribution in [0.5, 0.6) is 0 Å². The van der Waals surface area contributed by atoms with Crippen LogP contribution in [0.1, 0.15) is 30.9 Å². The number of piperidine rings is 1. The zero-order chi connectivity index (χ0) is 15.7. The third kappa shape index (κ3) is 3.42. The van der Waals surface area contributed by atoms with Crippen LogP contribution in [0.3, 0.4) is 0 Å². The van der Waals surface area contributed by atoms with Gasteiger partial charge in [0.05, 0.1) is 10.5 Å². The van der Waals surface area contributed by atoms with Crippen molar-refractivity contribution in [2.45, 2.75) is 43.1 Å². The van der Waals surface area contributed by atoms with Gasteiger partial charge in [0.25, 0.3) is 0 Å². The molecule has 0 spiro atoms. The minimum absolute atomic E-state index is 0.309. The highest BCUT2D eigenvalue weighted by atomic mass is 35.5. The van der Waals surface area contributed by atoms with E-state index in [1.165, 1.54) is 4.31 Å². The highest BCUT2D eigenvalue weighted by molar-refractivity contribution is 7.89. The number of aryl methyl sites for hydroxylation is 1. The average Bonchev–Trinajstić information content (AvgIpc) is 2.47. The molecule has 1 saturated heterocycles. The van der Waals surface area contributed by atoms with Crippen molar-refractivity contribution in [3.63, 3.8) is 0 Å². The van der Waals surface area contributed by atoms with Gasteiger partial charge in [0.15, 0.2) is 0 Å². The summed E-state index contributed by atoms with van der Waals surface area (Å²) in [6.07, 6.45) is 1.67. The molecule has 1 heterocycles. The van der Waals surface area contributed by atoms with E-state index in [1.54, 1.807) is 19.2 Å². The van der Waals surface area contributed by atoms with Gasteiger partial charge < -0.3 is 4.74 Å². The third-order valence-electron chi connectivity index (χ3n) is 4.22. The smallest absolute Gasteiger partial charge is 0.243 e. The van der Waals surface area contributed by atoms with Crippen molar-refractivity contribution in [3.05, 3.63) is 29.3 Å². The Balaban J connectivity index is 2.33. The molecule has 2 rings (SSSR count). The van der Waals surface area contributed by atoms with Gasteiger partial charge in [0.1, 0.15) is 0 Å². The Hall–Kier alpha value is -0.620. The van der Waals surface area contributed by atoms with Gasteiger partial charge in [0.2, 0.25) is 10.0 Å². The van der Waals surface area contributed by atoms with Crippen molar-refractivity contribution >= 4 is 21.6 Å². The van der Waals surface area contributed by atoms with Crippen LogP contribution in [0.15, 0.2) is 23.1 Å². The minimum Gasteiger partial charge on any atom is -0.377 e. The number of nitrogens with zero attached hydrogens (tertiary/aromatic N) is 1. The second-order valence-corrected chi connectivity index (χ2v) is 8.02. The van der Waals surface area contributed by atoms with Crippen LogP contribution in [0.2, 0.25) is 0 Å². The molecule has 6 heteroatoms. The SMILES string of the molecule is COC1(C)CCCN(S(=O)(=O)c2ccc(C)c(CCl)c2)C1. The quantitative estimate of drug-likeness (QED) is 0.797. The first-order valence-corrected chi connectivity index (χ1v) is 9.01. The molecule has 21 heavy (non-hydrogen) atoms. The monoisotopic (exact) mass is 331 g/mol. The van der Waals surface area contributed by atoms with Crippen LogP contribution in [0.25, 0.3) is 0 Å². The van der Waals surface area contributed by atoms with Crippen LogP contribution < -0.4 is 0 Å². The molecule has 0 aliphatic carbocycles. The van der Waals surface area contributed by atoms with E-state index >= 15 is 0 Å². The van der Waals surface area contributed by atoms with Crippen LogP contribution in [0, 0.1) is 6.92 Å². The van der Waals surface area contributed by atoms with E-state index in [1.807, 2.05) is 19.9 Å². The molecule has 0 aromatic heterocycles. The molecule has 0 N–H and O–H groups in total. The maximum atomic E-state index is 12.8. The fraction of sp³-hybridized carbons (Fsp3) is 0.600. The van der Waals surface area contributed by atoms with Gasteiger partial charge in [0, 0.05) is 26.1 Å². The highest BCUT2D eigenvalue weighted by Crippen LogP contribution is 2.29. The van der Waals surface area contributed by atoms with Crippen molar-refractivity contribution in [3.8, 4) is 0 Å². The molecule has 1 aliphatic rings. The molecule has 0 bridgehead atoms. The summed E-state index contributed by atoms with van der Waals surface area (Å²) in [6.45, 7) is 4.80. The number of hydrogen-bond acceptors (Lipinski definition) is 3. The fourth-order valence-corrected chi connectivity index (χ4v) is 4.56.